The molecule has 0 spiro atoms. The summed E-state index contributed by atoms with van der Waals surface area (Å²) in [5.74, 6) is 0.252. The minimum atomic E-state index is -0.321. The maximum absolute atomic E-state index is 12.7. The van der Waals surface area contributed by atoms with E-state index < -0.39 is 0 Å². The molecule has 0 aliphatic rings. The molecule has 0 unspecified atom stereocenters. The van der Waals surface area contributed by atoms with Crippen molar-refractivity contribution < 1.29 is 14.3 Å². The molecular weight excluding hydrogens is 388 g/mol. The standard InChI is InChI=1S/C21H22N4O3S/c1-14(2)23-21(27)24-16-7-5-6-15(10-16)20(26)25-18-8-3-4-9-19(18)28-11-17-12-29-13-22-17/h3-10,12-14H,11H2,1-2H3,(H,25,26)(H2,23,24,27). The van der Waals surface area contributed by atoms with Crippen LogP contribution >= 0.6 is 11.3 Å². The van der Waals surface area contributed by atoms with Gasteiger partial charge in [0.15, 0.2) is 0 Å². The Morgan fingerprint density at radius 1 is 1.10 bits per heavy atom. The van der Waals surface area contributed by atoms with Crippen molar-refractivity contribution in [2.45, 2.75) is 26.5 Å². The lowest BCUT2D eigenvalue weighted by molar-refractivity contribution is 0.102. The summed E-state index contributed by atoms with van der Waals surface area (Å²) in [4.78, 5) is 28.8. The van der Waals surface area contributed by atoms with Gasteiger partial charge < -0.3 is 20.7 Å². The van der Waals surface area contributed by atoms with Crippen LogP contribution in [0.1, 0.15) is 29.9 Å². The number of rotatable bonds is 7. The van der Waals surface area contributed by atoms with E-state index in [9.17, 15) is 9.59 Å². The number of thiazole rings is 1. The number of anilines is 2. The van der Waals surface area contributed by atoms with Crippen molar-refractivity contribution in [2.24, 2.45) is 0 Å². The van der Waals surface area contributed by atoms with Crippen LogP contribution in [0.2, 0.25) is 0 Å². The zero-order chi connectivity index (χ0) is 20.6. The van der Waals surface area contributed by atoms with Crippen molar-refractivity contribution in [3.63, 3.8) is 0 Å². The number of carbonyl (C=O) groups is 2. The zero-order valence-electron chi connectivity index (χ0n) is 16.1. The minimum Gasteiger partial charge on any atom is -0.485 e. The minimum absolute atomic E-state index is 0.0160. The van der Waals surface area contributed by atoms with E-state index in [4.69, 9.17) is 4.74 Å². The number of benzene rings is 2. The Balaban J connectivity index is 1.67. The molecule has 0 aliphatic carbocycles. The van der Waals surface area contributed by atoms with E-state index in [-0.39, 0.29) is 18.0 Å². The molecule has 1 heterocycles. The highest BCUT2D eigenvalue weighted by Crippen LogP contribution is 2.25. The molecule has 0 atom stereocenters. The van der Waals surface area contributed by atoms with Crippen molar-refractivity contribution in [1.29, 1.82) is 0 Å². The summed E-state index contributed by atoms with van der Waals surface area (Å²) in [6.07, 6.45) is 0. The summed E-state index contributed by atoms with van der Waals surface area (Å²) < 4.78 is 5.80. The second-order valence-electron chi connectivity index (χ2n) is 6.55. The fraction of sp³-hybridized carbons (Fsp3) is 0.190. The number of aromatic nitrogens is 1. The smallest absolute Gasteiger partial charge is 0.319 e. The Bertz CT molecular complexity index is 974. The van der Waals surface area contributed by atoms with Crippen molar-refractivity contribution in [3.8, 4) is 5.75 Å². The molecule has 1 aromatic heterocycles. The lowest BCUT2D eigenvalue weighted by Crippen LogP contribution is -2.34. The Labute approximate surface area is 173 Å². The van der Waals surface area contributed by atoms with E-state index in [1.165, 1.54) is 11.3 Å². The second kappa shape index (κ2) is 9.70. The van der Waals surface area contributed by atoms with Gasteiger partial charge in [0.25, 0.3) is 5.91 Å². The fourth-order valence-corrected chi connectivity index (χ4v) is 3.06. The molecule has 3 aromatic rings. The van der Waals surface area contributed by atoms with Gasteiger partial charge in [0.2, 0.25) is 0 Å². The van der Waals surface area contributed by atoms with Crippen LogP contribution in [0.15, 0.2) is 59.4 Å². The number of hydrogen-bond donors (Lipinski definition) is 3. The van der Waals surface area contributed by atoms with Gasteiger partial charge in [0.05, 0.1) is 16.9 Å². The molecule has 150 valence electrons. The van der Waals surface area contributed by atoms with Crippen LogP contribution < -0.4 is 20.7 Å². The van der Waals surface area contributed by atoms with Gasteiger partial charge in [-0.2, -0.15) is 0 Å². The van der Waals surface area contributed by atoms with Gasteiger partial charge in [0.1, 0.15) is 12.4 Å². The highest BCUT2D eigenvalue weighted by molar-refractivity contribution is 7.07. The summed E-state index contributed by atoms with van der Waals surface area (Å²) in [7, 11) is 0. The van der Waals surface area contributed by atoms with Gasteiger partial charge in [-0.25, -0.2) is 9.78 Å². The maximum Gasteiger partial charge on any atom is 0.319 e. The number of nitrogens with zero attached hydrogens (tertiary/aromatic N) is 1. The summed E-state index contributed by atoms with van der Waals surface area (Å²) >= 11 is 1.50. The summed E-state index contributed by atoms with van der Waals surface area (Å²) in [6, 6.07) is 13.6. The predicted octanol–water partition coefficient (Wildman–Crippen LogP) is 4.50. The van der Waals surface area contributed by atoms with Crippen LogP contribution in [0.4, 0.5) is 16.2 Å². The van der Waals surface area contributed by atoms with E-state index in [1.54, 1.807) is 41.9 Å². The van der Waals surface area contributed by atoms with Crippen LogP contribution in [0.5, 0.6) is 5.75 Å². The molecule has 0 fully saturated rings. The number of urea groups is 1. The van der Waals surface area contributed by atoms with Gasteiger partial charge in [0, 0.05) is 22.7 Å². The molecule has 0 aliphatic heterocycles. The van der Waals surface area contributed by atoms with Crippen molar-refractivity contribution >= 4 is 34.6 Å². The molecule has 0 radical (unpaired) electrons. The molecule has 2 aromatic carbocycles. The van der Waals surface area contributed by atoms with Crippen LogP contribution in [0.25, 0.3) is 0 Å². The van der Waals surface area contributed by atoms with Crippen LogP contribution in [-0.2, 0) is 6.61 Å². The van der Waals surface area contributed by atoms with Crippen molar-refractivity contribution in [1.82, 2.24) is 10.3 Å². The van der Waals surface area contributed by atoms with E-state index in [1.807, 2.05) is 31.4 Å². The second-order valence-corrected chi connectivity index (χ2v) is 7.27. The van der Waals surface area contributed by atoms with E-state index in [2.05, 4.69) is 20.9 Å². The normalized spacial score (nSPS) is 10.4. The number of para-hydroxylation sites is 2. The van der Waals surface area contributed by atoms with Crippen LogP contribution in [-0.4, -0.2) is 23.0 Å². The molecule has 0 saturated carbocycles. The molecule has 8 heteroatoms. The third-order valence-corrected chi connectivity index (χ3v) is 4.43. The predicted molar refractivity (Wildman–Crippen MR) is 115 cm³/mol. The molecular formula is C21H22N4O3S. The third-order valence-electron chi connectivity index (χ3n) is 3.80. The first-order chi connectivity index (χ1) is 14.0. The van der Waals surface area contributed by atoms with Crippen molar-refractivity contribution in [2.75, 3.05) is 10.6 Å². The zero-order valence-corrected chi connectivity index (χ0v) is 17.0. The fourth-order valence-electron chi connectivity index (χ4n) is 2.52. The quantitative estimate of drug-likeness (QED) is 0.535. The first-order valence-electron chi connectivity index (χ1n) is 9.09. The molecule has 7 nitrogen and oxygen atoms in total. The van der Waals surface area contributed by atoms with Crippen LogP contribution in [0.3, 0.4) is 0 Å². The Kier molecular flexibility index (Phi) is 6.80. The number of ether oxygens (including phenoxy) is 1. The topological polar surface area (TPSA) is 92.4 Å². The summed E-state index contributed by atoms with van der Waals surface area (Å²) in [5, 5.41) is 10.2. The Hall–Kier alpha value is -3.39. The van der Waals surface area contributed by atoms with Crippen molar-refractivity contribution in [3.05, 3.63) is 70.7 Å². The van der Waals surface area contributed by atoms with Crippen LogP contribution in [0, 0.1) is 0 Å². The van der Waals surface area contributed by atoms with Gasteiger partial charge in [-0.15, -0.1) is 11.3 Å². The van der Waals surface area contributed by atoms with Gasteiger partial charge >= 0.3 is 6.03 Å². The van der Waals surface area contributed by atoms with Gasteiger partial charge in [-0.3, -0.25) is 4.79 Å². The Morgan fingerprint density at radius 2 is 1.93 bits per heavy atom. The average molecular weight is 410 g/mol. The summed E-state index contributed by atoms with van der Waals surface area (Å²) in [6.45, 7) is 4.07. The third kappa shape index (κ3) is 6.05. The maximum atomic E-state index is 12.7. The van der Waals surface area contributed by atoms with Gasteiger partial charge in [-0.1, -0.05) is 18.2 Å². The Morgan fingerprint density at radius 3 is 2.69 bits per heavy atom. The molecule has 3 rings (SSSR count). The highest BCUT2D eigenvalue weighted by atomic mass is 32.1. The average Bonchev–Trinajstić information content (AvgIpc) is 3.20. The summed E-state index contributed by atoms with van der Waals surface area (Å²) in [5.41, 5.74) is 4.08. The molecule has 3 amide bonds. The lowest BCUT2D eigenvalue weighted by atomic mass is 10.1. The van der Waals surface area contributed by atoms with E-state index >= 15 is 0 Å². The van der Waals surface area contributed by atoms with Gasteiger partial charge in [-0.05, 0) is 44.2 Å². The number of hydrogen-bond acceptors (Lipinski definition) is 5. The lowest BCUT2D eigenvalue weighted by Gasteiger charge is -2.13. The number of amides is 3. The number of carbonyl (C=O) groups excluding carboxylic acids is 2. The SMILES string of the molecule is CC(C)NC(=O)Nc1cccc(C(=O)Nc2ccccc2OCc2cscn2)c1. The molecule has 0 saturated heterocycles. The number of nitrogens with one attached hydrogen (secondary N) is 3. The monoisotopic (exact) mass is 410 g/mol. The van der Waals surface area contributed by atoms with E-state index in [0.29, 0.717) is 29.3 Å². The molecule has 3 N–H and O–H groups in total. The molecule has 29 heavy (non-hydrogen) atoms. The van der Waals surface area contributed by atoms with E-state index in [0.717, 1.165) is 5.69 Å². The first-order valence-corrected chi connectivity index (χ1v) is 10.0. The highest BCUT2D eigenvalue weighted by Gasteiger charge is 2.12. The first kappa shape index (κ1) is 20.3. The molecule has 0 bridgehead atoms. The largest absolute Gasteiger partial charge is 0.485 e.